The Hall–Kier alpha value is -2.54. The molecule has 1 aliphatic heterocycles. The molecule has 7 heteroatoms. The number of fused-ring (bicyclic) bond motifs is 1. The molecule has 1 atom stereocenters. The Morgan fingerprint density at radius 2 is 1.79 bits per heavy atom. The molecule has 1 aliphatic rings. The van der Waals surface area contributed by atoms with Gasteiger partial charge in [-0.05, 0) is 24.3 Å². The minimum atomic E-state index is -1.13. The van der Waals surface area contributed by atoms with Gasteiger partial charge in [0.1, 0.15) is 13.2 Å². The van der Waals surface area contributed by atoms with Crippen molar-refractivity contribution >= 4 is 22.5 Å². The number of urea groups is 1. The van der Waals surface area contributed by atoms with Gasteiger partial charge in [0.05, 0.1) is 10.8 Å². The zero-order valence-electron chi connectivity index (χ0n) is 13.0. The number of hydrogen-bond acceptors (Lipinski definition) is 4. The molecular weight excluding hydrogens is 328 g/mol. The van der Waals surface area contributed by atoms with Gasteiger partial charge in [0.15, 0.2) is 11.5 Å². The summed E-state index contributed by atoms with van der Waals surface area (Å²) in [6, 6.07) is 14.1. The number of anilines is 1. The third-order valence-corrected chi connectivity index (χ3v) is 4.75. The monoisotopic (exact) mass is 346 g/mol. The molecule has 2 aromatic rings. The summed E-state index contributed by atoms with van der Waals surface area (Å²) in [5, 5.41) is 5.42. The fourth-order valence-corrected chi connectivity index (χ4v) is 3.23. The minimum absolute atomic E-state index is 0.317. The SMILES string of the molecule is O=C(NCC[S@](=O)c1ccccc1)Nc1ccc2c(c1)OCCO2. The molecule has 0 bridgehead atoms. The van der Waals surface area contributed by atoms with Crippen LogP contribution >= 0.6 is 0 Å². The van der Waals surface area contributed by atoms with Crippen molar-refractivity contribution in [1.82, 2.24) is 5.32 Å². The van der Waals surface area contributed by atoms with Crippen molar-refractivity contribution in [3.05, 3.63) is 48.5 Å². The van der Waals surface area contributed by atoms with Crippen LogP contribution in [-0.4, -0.2) is 35.8 Å². The average molecular weight is 346 g/mol. The quantitative estimate of drug-likeness (QED) is 0.871. The predicted molar refractivity (Wildman–Crippen MR) is 92.2 cm³/mol. The number of rotatable bonds is 5. The highest BCUT2D eigenvalue weighted by molar-refractivity contribution is 7.85. The zero-order chi connectivity index (χ0) is 16.8. The molecule has 0 aromatic heterocycles. The van der Waals surface area contributed by atoms with E-state index >= 15 is 0 Å². The van der Waals surface area contributed by atoms with E-state index in [0.29, 0.717) is 42.7 Å². The Morgan fingerprint density at radius 1 is 1.04 bits per heavy atom. The van der Waals surface area contributed by atoms with Crippen molar-refractivity contribution in [3.8, 4) is 11.5 Å². The van der Waals surface area contributed by atoms with Crippen molar-refractivity contribution in [2.75, 3.05) is 30.8 Å². The van der Waals surface area contributed by atoms with E-state index in [4.69, 9.17) is 9.47 Å². The first-order chi connectivity index (χ1) is 11.7. The minimum Gasteiger partial charge on any atom is -0.486 e. The number of carbonyl (C=O) groups excluding carboxylic acids is 1. The lowest BCUT2D eigenvalue weighted by Crippen LogP contribution is -2.32. The lowest BCUT2D eigenvalue weighted by atomic mass is 10.2. The molecule has 0 saturated heterocycles. The van der Waals surface area contributed by atoms with E-state index in [9.17, 15) is 9.00 Å². The predicted octanol–water partition coefficient (Wildman–Crippen LogP) is 2.39. The van der Waals surface area contributed by atoms with Crippen LogP contribution < -0.4 is 20.1 Å². The first-order valence-corrected chi connectivity index (χ1v) is 8.92. The molecule has 6 nitrogen and oxygen atoms in total. The maximum atomic E-state index is 12.1. The molecule has 126 valence electrons. The molecule has 2 aromatic carbocycles. The molecule has 0 fully saturated rings. The van der Waals surface area contributed by atoms with Crippen LogP contribution in [0.3, 0.4) is 0 Å². The number of nitrogens with one attached hydrogen (secondary N) is 2. The van der Waals surface area contributed by atoms with Crippen molar-refractivity contribution in [2.24, 2.45) is 0 Å². The smallest absolute Gasteiger partial charge is 0.319 e. The van der Waals surface area contributed by atoms with Gasteiger partial charge in [-0.25, -0.2) is 4.79 Å². The summed E-state index contributed by atoms with van der Waals surface area (Å²) in [7, 11) is -1.13. The highest BCUT2D eigenvalue weighted by atomic mass is 32.2. The Morgan fingerprint density at radius 3 is 2.58 bits per heavy atom. The van der Waals surface area contributed by atoms with Gasteiger partial charge in [-0.15, -0.1) is 0 Å². The van der Waals surface area contributed by atoms with Crippen LogP contribution in [0.15, 0.2) is 53.4 Å². The molecule has 0 saturated carbocycles. The summed E-state index contributed by atoms with van der Waals surface area (Å²) in [4.78, 5) is 12.7. The Labute approximate surface area is 142 Å². The Balaban J connectivity index is 1.47. The van der Waals surface area contributed by atoms with Gasteiger partial charge >= 0.3 is 6.03 Å². The van der Waals surface area contributed by atoms with Gasteiger partial charge in [0, 0.05) is 28.9 Å². The van der Waals surface area contributed by atoms with E-state index in [2.05, 4.69) is 10.6 Å². The second-order valence-electron chi connectivity index (χ2n) is 5.10. The fraction of sp³-hybridized carbons (Fsp3) is 0.235. The van der Waals surface area contributed by atoms with Crippen molar-refractivity contribution < 1.29 is 18.5 Å². The molecule has 2 amide bonds. The van der Waals surface area contributed by atoms with E-state index < -0.39 is 10.8 Å². The fourth-order valence-electron chi connectivity index (χ4n) is 2.24. The molecular formula is C17H18N2O4S. The second kappa shape index (κ2) is 7.83. The molecule has 24 heavy (non-hydrogen) atoms. The van der Waals surface area contributed by atoms with E-state index in [1.807, 2.05) is 30.3 Å². The van der Waals surface area contributed by atoms with E-state index in [0.717, 1.165) is 4.90 Å². The Bertz CT molecular complexity index is 737. The van der Waals surface area contributed by atoms with Crippen LogP contribution in [0.4, 0.5) is 10.5 Å². The molecule has 0 spiro atoms. The normalized spacial score (nSPS) is 13.8. The second-order valence-corrected chi connectivity index (χ2v) is 6.67. The largest absolute Gasteiger partial charge is 0.486 e. The number of amides is 2. The van der Waals surface area contributed by atoms with Crippen molar-refractivity contribution in [2.45, 2.75) is 4.90 Å². The topological polar surface area (TPSA) is 76.7 Å². The third kappa shape index (κ3) is 4.26. The van der Waals surface area contributed by atoms with Crippen LogP contribution in [0.25, 0.3) is 0 Å². The number of hydrogen-bond donors (Lipinski definition) is 2. The third-order valence-electron chi connectivity index (χ3n) is 3.38. The molecule has 1 heterocycles. The summed E-state index contributed by atoms with van der Waals surface area (Å²) < 4.78 is 23.0. The van der Waals surface area contributed by atoms with Crippen LogP contribution in [0, 0.1) is 0 Å². The summed E-state index contributed by atoms with van der Waals surface area (Å²) in [5.41, 5.74) is 0.612. The van der Waals surface area contributed by atoms with Gasteiger partial charge in [0.25, 0.3) is 0 Å². The standard InChI is InChI=1S/C17H18N2O4S/c20-17(18-8-11-24(21)14-4-2-1-3-5-14)19-13-6-7-15-16(12-13)23-10-9-22-15/h1-7,12H,8-11H2,(H2,18,19,20)/t24-/m0/s1. The lowest BCUT2D eigenvalue weighted by molar-refractivity contribution is 0.171. The number of ether oxygens (including phenoxy) is 2. The number of carbonyl (C=O) groups is 1. The summed E-state index contributed by atoms with van der Waals surface area (Å²) in [6.45, 7) is 1.34. The maximum absolute atomic E-state index is 12.1. The average Bonchev–Trinajstić information content (AvgIpc) is 2.62. The maximum Gasteiger partial charge on any atom is 0.319 e. The molecule has 3 rings (SSSR count). The van der Waals surface area contributed by atoms with Gasteiger partial charge in [-0.2, -0.15) is 0 Å². The summed E-state index contributed by atoms with van der Waals surface area (Å²) in [5.74, 6) is 1.65. The summed E-state index contributed by atoms with van der Waals surface area (Å²) in [6.07, 6.45) is 0. The van der Waals surface area contributed by atoms with Crippen LogP contribution in [-0.2, 0) is 10.8 Å². The first kappa shape index (κ1) is 16.3. The highest BCUT2D eigenvalue weighted by Crippen LogP contribution is 2.32. The molecule has 0 aliphatic carbocycles. The van der Waals surface area contributed by atoms with Crippen molar-refractivity contribution in [1.29, 1.82) is 0 Å². The van der Waals surface area contributed by atoms with E-state index in [1.165, 1.54) is 0 Å². The number of benzene rings is 2. The van der Waals surface area contributed by atoms with Gasteiger partial charge in [-0.3, -0.25) is 4.21 Å². The zero-order valence-corrected chi connectivity index (χ0v) is 13.8. The molecule has 0 radical (unpaired) electrons. The van der Waals surface area contributed by atoms with Crippen molar-refractivity contribution in [3.63, 3.8) is 0 Å². The summed E-state index contributed by atoms with van der Waals surface area (Å²) >= 11 is 0. The van der Waals surface area contributed by atoms with Gasteiger partial charge in [-0.1, -0.05) is 18.2 Å². The van der Waals surface area contributed by atoms with E-state index in [1.54, 1.807) is 18.2 Å². The molecule has 2 N–H and O–H groups in total. The lowest BCUT2D eigenvalue weighted by Gasteiger charge is -2.19. The van der Waals surface area contributed by atoms with Crippen LogP contribution in [0.1, 0.15) is 0 Å². The molecule has 0 unspecified atom stereocenters. The van der Waals surface area contributed by atoms with Gasteiger partial charge in [0.2, 0.25) is 0 Å². The van der Waals surface area contributed by atoms with Gasteiger partial charge < -0.3 is 20.1 Å². The van der Waals surface area contributed by atoms with Crippen LogP contribution in [0.5, 0.6) is 11.5 Å². The first-order valence-electron chi connectivity index (χ1n) is 7.60. The van der Waals surface area contributed by atoms with E-state index in [-0.39, 0.29) is 6.03 Å². The Kier molecular flexibility index (Phi) is 5.32. The highest BCUT2D eigenvalue weighted by Gasteiger charge is 2.12. The van der Waals surface area contributed by atoms with Crippen LogP contribution in [0.2, 0.25) is 0 Å².